The molecule has 5 heteroatoms. The molecule has 0 saturated carbocycles. The van der Waals surface area contributed by atoms with Crippen molar-refractivity contribution in [1.29, 1.82) is 0 Å². The molecule has 0 spiro atoms. The zero-order valence-electron chi connectivity index (χ0n) is 10.9. The van der Waals surface area contributed by atoms with E-state index < -0.39 is 15.8 Å². The van der Waals surface area contributed by atoms with Crippen LogP contribution in [-0.4, -0.2) is 21.5 Å². The Labute approximate surface area is 117 Å². The maximum Gasteiger partial charge on any atom is 0.338 e. The molecule has 2 rings (SSSR count). The number of sulfone groups is 1. The molecular formula is C15H14O4S. The normalized spacial score (nSPS) is 11.1. The minimum absolute atomic E-state index is 0.234. The van der Waals surface area contributed by atoms with Crippen molar-refractivity contribution in [2.45, 2.75) is 10.6 Å². The fourth-order valence-corrected chi connectivity index (χ4v) is 3.27. The highest BCUT2D eigenvalue weighted by Crippen LogP contribution is 2.19. The Morgan fingerprint density at radius 1 is 1.00 bits per heavy atom. The summed E-state index contributed by atoms with van der Waals surface area (Å²) < 4.78 is 29.3. The van der Waals surface area contributed by atoms with Gasteiger partial charge in [0.25, 0.3) is 0 Å². The highest BCUT2D eigenvalue weighted by molar-refractivity contribution is 7.90. The predicted octanol–water partition coefficient (Wildman–Crippen LogP) is 2.45. The Morgan fingerprint density at radius 2 is 1.60 bits per heavy atom. The molecule has 0 radical (unpaired) electrons. The molecule has 0 bridgehead atoms. The predicted molar refractivity (Wildman–Crippen MR) is 75.1 cm³/mol. The monoisotopic (exact) mass is 290 g/mol. The summed E-state index contributed by atoms with van der Waals surface area (Å²) in [6.07, 6.45) is 0. The third kappa shape index (κ3) is 3.05. The van der Waals surface area contributed by atoms with Crippen LogP contribution in [0.25, 0.3) is 0 Å². The van der Waals surface area contributed by atoms with Gasteiger partial charge in [-0.25, -0.2) is 13.2 Å². The maximum atomic E-state index is 12.3. The van der Waals surface area contributed by atoms with Gasteiger partial charge in [0.05, 0.1) is 23.3 Å². The van der Waals surface area contributed by atoms with E-state index >= 15 is 0 Å². The van der Waals surface area contributed by atoms with E-state index in [9.17, 15) is 13.2 Å². The van der Waals surface area contributed by atoms with Crippen molar-refractivity contribution in [3.63, 3.8) is 0 Å². The topological polar surface area (TPSA) is 60.4 Å². The van der Waals surface area contributed by atoms with Crippen LogP contribution in [0.4, 0.5) is 0 Å². The molecule has 20 heavy (non-hydrogen) atoms. The van der Waals surface area contributed by atoms with E-state index in [1.54, 1.807) is 42.5 Å². The van der Waals surface area contributed by atoms with Gasteiger partial charge < -0.3 is 4.74 Å². The molecule has 0 saturated heterocycles. The number of esters is 1. The van der Waals surface area contributed by atoms with Gasteiger partial charge in [-0.05, 0) is 23.8 Å². The van der Waals surface area contributed by atoms with Crippen molar-refractivity contribution in [2.75, 3.05) is 7.11 Å². The standard InChI is InChI=1S/C15H14O4S/c1-19-15(16)14-10-6-5-7-12(14)11-20(17,18)13-8-3-2-4-9-13/h2-10H,11H2,1H3. The second-order valence-electron chi connectivity index (χ2n) is 4.22. The molecular weight excluding hydrogens is 276 g/mol. The van der Waals surface area contributed by atoms with Gasteiger partial charge in [-0.2, -0.15) is 0 Å². The molecule has 0 unspecified atom stereocenters. The van der Waals surface area contributed by atoms with Gasteiger partial charge in [0, 0.05) is 0 Å². The van der Waals surface area contributed by atoms with Crippen molar-refractivity contribution in [2.24, 2.45) is 0 Å². The summed E-state index contributed by atoms with van der Waals surface area (Å²) in [5, 5.41) is 0. The zero-order valence-corrected chi connectivity index (χ0v) is 11.8. The molecule has 0 amide bonds. The number of ether oxygens (including phenoxy) is 1. The van der Waals surface area contributed by atoms with Crippen LogP contribution in [0, 0.1) is 0 Å². The first-order valence-corrected chi connectivity index (χ1v) is 7.64. The summed E-state index contributed by atoms with van der Waals surface area (Å²) in [7, 11) is -2.22. The molecule has 0 N–H and O–H groups in total. The van der Waals surface area contributed by atoms with Crippen LogP contribution in [0.1, 0.15) is 15.9 Å². The number of hydrogen-bond acceptors (Lipinski definition) is 4. The average Bonchev–Trinajstić information content (AvgIpc) is 2.47. The first-order chi connectivity index (χ1) is 9.54. The maximum absolute atomic E-state index is 12.3. The Bertz CT molecular complexity index is 706. The molecule has 0 fully saturated rings. The Morgan fingerprint density at radius 3 is 2.25 bits per heavy atom. The third-order valence-corrected chi connectivity index (χ3v) is 4.55. The van der Waals surface area contributed by atoms with E-state index in [0.717, 1.165) is 0 Å². The largest absolute Gasteiger partial charge is 0.465 e. The van der Waals surface area contributed by atoms with Crippen LogP contribution in [0.2, 0.25) is 0 Å². The van der Waals surface area contributed by atoms with Gasteiger partial charge in [-0.3, -0.25) is 0 Å². The number of carbonyl (C=O) groups excluding carboxylic acids is 1. The van der Waals surface area contributed by atoms with Crippen LogP contribution in [0.3, 0.4) is 0 Å². The van der Waals surface area contributed by atoms with E-state index in [4.69, 9.17) is 0 Å². The molecule has 104 valence electrons. The Kier molecular flexibility index (Phi) is 4.20. The van der Waals surface area contributed by atoms with Gasteiger partial charge in [-0.1, -0.05) is 36.4 Å². The summed E-state index contributed by atoms with van der Waals surface area (Å²) in [6, 6.07) is 14.7. The number of methoxy groups -OCH3 is 1. The van der Waals surface area contributed by atoms with Crippen molar-refractivity contribution >= 4 is 15.8 Å². The summed E-state index contributed by atoms with van der Waals surface area (Å²) >= 11 is 0. The fourth-order valence-electron chi connectivity index (χ4n) is 1.87. The van der Waals surface area contributed by atoms with E-state index in [-0.39, 0.29) is 16.2 Å². The molecule has 0 aromatic heterocycles. The lowest BCUT2D eigenvalue weighted by Gasteiger charge is -2.08. The molecule has 0 aliphatic rings. The van der Waals surface area contributed by atoms with Gasteiger partial charge >= 0.3 is 5.97 Å². The van der Waals surface area contributed by atoms with Gasteiger partial charge in [0.2, 0.25) is 0 Å². The molecule has 0 aliphatic carbocycles. The van der Waals surface area contributed by atoms with Crippen LogP contribution < -0.4 is 0 Å². The molecule has 2 aromatic carbocycles. The van der Waals surface area contributed by atoms with Crippen molar-refractivity contribution in [3.05, 3.63) is 65.7 Å². The lowest BCUT2D eigenvalue weighted by Crippen LogP contribution is -2.10. The number of hydrogen-bond donors (Lipinski definition) is 0. The molecule has 4 nitrogen and oxygen atoms in total. The molecule has 2 aromatic rings. The van der Waals surface area contributed by atoms with Crippen molar-refractivity contribution < 1.29 is 17.9 Å². The number of benzene rings is 2. The minimum atomic E-state index is -3.49. The van der Waals surface area contributed by atoms with Crippen LogP contribution in [-0.2, 0) is 20.3 Å². The highest BCUT2D eigenvalue weighted by Gasteiger charge is 2.19. The van der Waals surface area contributed by atoms with Crippen molar-refractivity contribution in [1.82, 2.24) is 0 Å². The number of rotatable bonds is 4. The average molecular weight is 290 g/mol. The smallest absolute Gasteiger partial charge is 0.338 e. The van der Waals surface area contributed by atoms with Gasteiger partial charge in [0.15, 0.2) is 9.84 Å². The summed E-state index contributed by atoms with van der Waals surface area (Å²) in [4.78, 5) is 11.9. The summed E-state index contributed by atoms with van der Waals surface area (Å²) in [5.41, 5.74) is 0.706. The van der Waals surface area contributed by atoms with E-state index in [0.29, 0.717) is 5.56 Å². The molecule has 0 aliphatic heterocycles. The second-order valence-corrected chi connectivity index (χ2v) is 6.21. The van der Waals surface area contributed by atoms with Crippen LogP contribution in [0.15, 0.2) is 59.5 Å². The van der Waals surface area contributed by atoms with Crippen molar-refractivity contribution in [3.8, 4) is 0 Å². The summed E-state index contributed by atoms with van der Waals surface area (Å²) in [6.45, 7) is 0. The third-order valence-electron chi connectivity index (χ3n) is 2.87. The van der Waals surface area contributed by atoms with Crippen LogP contribution >= 0.6 is 0 Å². The van der Waals surface area contributed by atoms with Gasteiger partial charge in [-0.15, -0.1) is 0 Å². The van der Waals surface area contributed by atoms with Crippen LogP contribution in [0.5, 0.6) is 0 Å². The lowest BCUT2D eigenvalue weighted by molar-refractivity contribution is 0.0600. The van der Waals surface area contributed by atoms with E-state index in [1.807, 2.05) is 0 Å². The first kappa shape index (κ1) is 14.3. The Hall–Kier alpha value is -2.14. The Balaban J connectivity index is 2.38. The first-order valence-electron chi connectivity index (χ1n) is 5.98. The SMILES string of the molecule is COC(=O)c1ccccc1CS(=O)(=O)c1ccccc1. The molecule has 0 atom stereocenters. The summed E-state index contributed by atoms with van der Waals surface area (Å²) in [5.74, 6) is -0.772. The zero-order chi connectivity index (χ0) is 14.6. The highest BCUT2D eigenvalue weighted by atomic mass is 32.2. The van der Waals surface area contributed by atoms with Gasteiger partial charge in [0.1, 0.15) is 0 Å². The fraction of sp³-hybridized carbons (Fsp3) is 0.133. The van der Waals surface area contributed by atoms with E-state index in [1.165, 1.54) is 19.2 Å². The second kappa shape index (κ2) is 5.88. The quantitative estimate of drug-likeness (QED) is 0.811. The van der Waals surface area contributed by atoms with E-state index in [2.05, 4.69) is 4.74 Å². The number of carbonyl (C=O) groups is 1. The molecule has 0 heterocycles. The minimum Gasteiger partial charge on any atom is -0.465 e. The lowest BCUT2D eigenvalue weighted by atomic mass is 10.1.